The number of hydrogen-bond donors (Lipinski definition) is 3. The number of piperidine rings is 1. The molecule has 0 radical (unpaired) electrons. The molecule has 15 atom stereocenters. The molecule has 0 unspecified atom stereocenters. The SMILES string of the molecule is CO[C@@H]1C[C@H](C[C@@H](C)[C@@H]2CC(=O)[C@H](C)/C=C(\C)[C@@H](O)[C@@H](OC)C(=O)[C@H](C)C[C@H](C)/C=C/C=C/C=C(\C)[C@@H](N(OC)C(=O)N(C)C)C[C@@H]3CC[C@@H](C)[C@@](O)(O3)C(=O)C(=O)N3CCCC[C@H]3C(=O)O2)CC[C@H]1O. The van der Waals surface area contributed by atoms with Gasteiger partial charge < -0.3 is 44.1 Å². The first-order valence-electron chi connectivity index (χ1n) is 25.7. The van der Waals surface area contributed by atoms with Gasteiger partial charge in [0.15, 0.2) is 5.78 Å². The molecule has 4 rings (SSSR count). The van der Waals surface area contributed by atoms with Crippen LogP contribution in [0.25, 0.3) is 0 Å². The first kappa shape index (κ1) is 59.5. The highest BCUT2D eigenvalue weighted by molar-refractivity contribution is 6.39. The summed E-state index contributed by atoms with van der Waals surface area (Å²) in [4.78, 5) is 93.0. The number of carbonyl (C=O) groups excluding carboxylic acids is 6. The van der Waals surface area contributed by atoms with Gasteiger partial charge in [0.2, 0.25) is 5.79 Å². The average Bonchev–Trinajstić information content (AvgIpc) is 3.34. The van der Waals surface area contributed by atoms with Crippen molar-refractivity contribution in [2.24, 2.45) is 35.5 Å². The standard InChI is InChI=1S/C54H85N3O14/c1-32-18-14-13-15-19-33(2)42(57(69-12)53(65)55(8)9)30-40-23-21-38(7)54(66,71-40)50(62)51(63)56-25-17-16-20-41(56)52(64)70-45(35(4)28-39-22-24-43(58)46(29-39)67-10)31-44(59)34(3)27-37(6)48(61)49(68-11)47(60)36(5)26-32/h13-15,18-19,27,32,34-36,38-43,45-46,48-49,58,61,66H,16-17,20-26,28-31H2,1-12H3/b15-13+,18-14+,33-19+,37-27+/t32-,34-,35-,36-,38-,39+,40+,41+,42+,43-,45+,46-,48-,49+,54-/m1/s1. The number of urea groups is 1. The number of aliphatic hydroxyl groups excluding tert-OH is 2. The van der Waals surface area contributed by atoms with Crippen LogP contribution in [-0.4, -0.2) is 162 Å². The van der Waals surface area contributed by atoms with Gasteiger partial charge in [0.05, 0.1) is 31.5 Å². The maximum Gasteiger partial charge on any atom is 0.343 e. The number of fused-ring (bicyclic) bond motifs is 3. The van der Waals surface area contributed by atoms with Crippen molar-refractivity contribution in [1.82, 2.24) is 14.9 Å². The minimum absolute atomic E-state index is 0.0382. The van der Waals surface area contributed by atoms with E-state index in [0.717, 1.165) is 4.90 Å². The van der Waals surface area contributed by atoms with Crippen LogP contribution in [-0.2, 0) is 47.8 Å². The number of nitrogens with zero attached hydrogens (tertiary/aromatic N) is 3. The molecule has 3 N–H and O–H groups in total. The van der Waals surface area contributed by atoms with E-state index >= 15 is 0 Å². The van der Waals surface area contributed by atoms with E-state index < -0.39 is 89.8 Å². The highest BCUT2D eigenvalue weighted by atomic mass is 16.7. The number of rotatable bonds is 7. The number of allylic oxidation sites excluding steroid dienone is 6. The number of cyclic esters (lactones) is 1. The summed E-state index contributed by atoms with van der Waals surface area (Å²) in [5, 5.41) is 35.4. The number of Topliss-reactive ketones (excluding diaryl/α,β-unsaturated/α-hetero) is 3. The summed E-state index contributed by atoms with van der Waals surface area (Å²) in [6.07, 6.45) is 10.2. The zero-order chi connectivity index (χ0) is 52.9. The maximum absolute atomic E-state index is 14.5. The first-order chi connectivity index (χ1) is 33.5. The van der Waals surface area contributed by atoms with Crippen LogP contribution in [0.4, 0.5) is 4.79 Å². The molecule has 71 heavy (non-hydrogen) atoms. The number of carbonyl (C=O) groups is 6. The molecule has 0 spiro atoms. The van der Waals surface area contributed by atoms with Crippen LogP contribution in [0.5, 0.6) is 0 Å². The van der Waals surface area contributed by atoms with Crippen molar-refractivity contribution in [2.45, 2.75) is 180 Å². The number of methoxy groups -OCH3 is 2. The van der Waals surface area contributed by atoms with E-state index in [2.05, 4.69) is 0 Å². The summed E-state index contributed by atoms with van der Waals surface area (Å²) in [5.41, 5.74) is 1.06. The molecular weight excluding hydrogens is 915 g/mol. The fraction of sp³-hybridized carbons (Fsp3) is 0.741. The van der Waals surface area contributed by atoms with Gasteiger partial charge in [-0.05, 0) is 107 Å². The van der Waals surface area contributed by atoms with Gasteiger partial charge in [-0.2, -0.15) is 5.06 Å². The molecule has 17 nitrogen and oxygen atoms in total. The smallest absolute Gasteiger partial charge is 0.343 e. The number of hydrogen-bond acceptors (Lipinski definition) is 14. The largest absolute Gasteiger partial charge is 0.460 e. The van der Waals surface area contributed by atoms with Crippen molar-refractivity contribution in [3.8, 4) is 0 Å². The van der Waals surface area contributed by atoms with Gasteiger partial charge in [0.25, 0.3) is 11.7 Å². The molecule has 400 valence electrons. The van der Waals surface area contributed by atoms with E-state index in [4.69, 9.17) is 23.8 Å². The lowest BCUT2D eigenvalue weighted by atomic mass is 9.78. The third kappa shape index (κ3) is 15.5. The Morgan fingerprint density at radius 1 is 0.887 bits per heavy atom. The van der Waals surface area contributed by atoms with Crippen LogP contribution in [0.2, 0.25) is 0 Å². The van der Waals surface area contributed by atoms with E-state index in [1.807, 2.05) is 45.1 Å². The fourth-order valence-corrected chi connectivity index (χ4v) is 10.7. The summed E-state index contributed by atoms with van der Waals surface area (Å²) >= 11 is 0. The highest BCUT2D eigenvalue weighted by Gasteiger charge is 2.53. The minimum atomic E-state index is -2.56. The summed E-state index contributed by atoms with van der Waals surface area (Å²) in [6, 6.07) is -2.39. The second-order valence-corrected chi connectivity index (χ2v) is 21.1. The molecule has 0 aromatic carbocycles. The van der Waals surface area contributed by atoms with Crippen molar-refractivity contribution in [1.29, 1.82) is 0 Å². The summed E-state index contributed by atoms with van der Waals surface area (Å²) in [5.74, 6) is -8.61. The Balaban J connectivity index is 1.77. The van der Waals surface area contributed by atoms with Crippen LogP contribution in [0.1, 0.15) is 126 Å². The average molecular weight is 1000 g/mol. The number of ether oxygens (including phenoxy) is 4. The van der Waals surface area contributed by atoms with Crippen LogP contribution < -0.4 is 0 Å². The van der Waals surface area contributed by atoms with Crippen molar-refractivity contribution in [2.75, 3.05) is 42.0 Å². The second-order valence-electron chi connectivity index (χ2n) is 21.1. The van der Waals surface area contributed by atoms with Crippen molar-refractivity contribution in [3.63, 3.8) is 0 Å². The number of aliphatic hydroxyl groups is 3. The summed E-state index contributed by atoms with van der Waals surface area (Å²) in [6.45, 7) is 12.5. The molecule has 4 aliphatic rings. The van der Waals surface area contributed by atoms with Gasteiger partial charge in [0, 0.05) is 65.5 Å². The fourth-order valence-electron chi connectivity index (χ4n) is 10.7. The van der Waals surface area contributed by atoms with E-state index in [1.54, 1.807) is 61.1 Å². The van der Waals surface area contributed by atoms with E-state index in [-0.39, 0.29) is 61.2 Å². The lowest BCUT2D eigenvalue weighted by Crippen LogP contribution is -2.61. The van der Waals surface area contributed by atoms with E-state index in [1.165, 1.54) is 24.2 Å². The molecule has 1 saturated carbocycles. The Labute approximate surface area is 421 Å². The third-order valence-corrected chi connectivity index (χ3v) is 15.3. The monoisotopic (exact) mass is 1000 g/mol. The van der Waals surface area contributed by atoms with Crippen LogP contribution >= 0.6 is 0 Å². The molecule has 3 fully saturated rings. The molecule has 3 aliphatic heterocycles. The zero-order valence-corrected chi connectivity index (χ0v) is 44.4. The quantitative estimate of drug-likeness (QED) is 0.114. The normalized spacial score (nSPS) is 37.9. The Morgan fingerprint density at radius 2 is 1.59 bits per heavy atom. The lowest BCUT2D eigenvalue weighted by Gasteiger charge is -2.43. The lowest BCUT2D eigenvalue weighted by molar-refractivity contribution is -0.266. The molecular formula is C54H85N3O14. The van der Waals surface area contributed by atoms with Crippen LogP contribution in [0.15, 0.2) is 47.6 Å². The van der Waals surface area contributed by atoms with Crippen molar-refractivity contribution < 1.29 is 67.9 Å². The Kier molecular flexibility index (Phi) is 22.8. The number of hydroxylamine groups is 2. The van der Waals surface area contributed by atoms with E-state index in [0.29, 0.717) is 68.9 Å². The predicted octanol–water partition coefficient (Wildman–Crippen LogP) is 6.08. The van der Waals surface area contributed by atoms with Gasteiger partial charge in [0.1, 0.15) is 30.1 Å². The highest BCUT2D eigenvalue weighted by Crippen LogP contribution is 2.38. The molecule has 3 amide bonds. The van der Waals surface area contributed by atoms with Gasteiger partial charge in [-0.1, -0.05) is 71.1 Å². The molecule has 0 aromatic rings. The zero-order valence-electron chi connectivity index (χ0n) is 44.4. The first-order valence-corrected chi connectivity index (χ1v) is 25.7. The molecule has 17 heteroatoms. The Bertz CT molecular complexity index is 1970. The van der Waals surface area contributed by atoms with Crippen LogP contribution in [0, 0.1) is 35.5 Å². The maximum atomic E-state index is 14.5. The number of ketones is 3. The van der Waals surface area contributed by atoms with Crippen molar-refractivity contribution in [3.05, 3.63) is 47.6 Å². The van der Waals surface area contributed by atoms with E-state index in [9.17, 15) is 44.1 Å². The number of esters is 1. The van der Waals surface area contributed by atoms with Crippen molar-refractivity contribution >= 4 is 35.3 Å². The predicted molar refractivity (Wildman–Crippen MR) is 266 cm³/mol. The van der Waals surface area contributed by atoms with Gasteiger partial charge >= 0.3 is 12.0 Å². The molecule has 2 saturated heterocycles. The molecule has 2 bridgehead atoms. The van der Waals surface area contributed by atoms with Gasteiger partial charge in [-0.3, -0.25) is 24.0 Å². The molecule has 3 heterocycles. The summed E-state index contributed by atoms with van der Waals surface area (Å²) in [7, 11) is 7.47. The Hall–Kier alpha value is -4.10. The minimum Gasteiger partial charge on any atom is -0.460 e. The summed E-state index contributed by atoms with van der Waals surface area (Å²) < 4.78 is 23.7. The number of amides is 3. The topological polar surface area (TPSA) is 219 Å². The van der Waals surface area contributed by atoms with Crippen LogP contribution in [0.3, 0.4) is 0 Å². The third-order valence-electron chi connectivity index (χ3n) is 15.3. The van der Waals surface area contributed by atoms with Gasteiger partial charge in [-0.15, -0.1) is 0 Å². The van der Waals surface area contributed by atoms with Gasteiger partial charge in [-0.25, -0.2) is 9.59 Å². The second kappa shape index (κ2) is 27.3. The molecule has 0 aromatic heterocycles. The molecule has 1 aliphatic carbocycles. The Morgan fingerprint density at radius 3 is 2.24 bits per heavy atom.